The van der Waals surface area contributed by atoms with Crippen LogP contribution in [0, 0.1) is 0 Å². The minimum absolute atomic E-state index is 0.365. The lowest BCUT2D eigenvalue weighted by atomic mass is 10.5. The van der Waals surface area contributed by atoms with Crippen LogP contribution in [-0.4, -0.2) is 24.2 Å². The van der Waals surface area contributed by atoms with E-state index in [0.717, 1.165) is 0 Å². The molecule has 0 fully saturated rings. The van der Waals surface area contributed by atoms with Crippen molar-refractivity contribution in [3.63, 3.8) is 0 Å². The highest BCUT2D eigenvalue weighted by Gasteiger charge is 1.97. The maximum absolute atomic E-state index is 10.6. The molecule has 0 aliphatic rings. The first-order valence-corrected chi connectivity index (χ1v) is 3.72. The van der Waals surface area contributed by atoms with Gasteiger partial charge in [0, 0.05) is 12.4 Å². The predicted octanol–water partition coefficient (Wildman–Crippen LogP) is 1.35. The van der Waals surface area contributed by atoms with Crippen LogP contribution in [0.25, 0.3) is 0 Å². The van der Waals surface area contributed by atoms with E-state index in [-0.39, 0.29) is 0 Å². The van der Waals surface area contributed by atoms with Gasteiger partial charge >= 0.3 is 6.09 Å². The number of nitrogens with one attached hydrogen (secondary N) is 1. The molecule has 0 radical (unpaired) electrons. The lowest BCUT2D eigenvalue weighted by Crippen LogP contribution is -2.24. The van der Waals surface area contributed by atoms with E-state index in [2.05, 4.69) is 15.3 Å². The first-order valence-electron chi connectivity index (χ1n) is 3.19. The predicted molar refractivity (Wildman–Crippen MR) is 44.0 cm³/mol. The lowest BCUT2D eigenvalue weighted by molar-refractivity contribution is 0.151. The highest BCUT2D eigenvalue weighted by Crippen LogP contribution is 1.81. The summed E-state index contributed by atoms with van der Waals surface area (Å²) in [6, 6.07) is 0. The SMILES string of the molecule is CC(C)=NOC(=O)NCCCl. The maximum Gasteiger partial charge on any atom is 0.433 e. The fraction of sp³-hybridized carbons (Fsp3) is 0.667. The van der Waals surface area contributed by atoms with Gasteiger partial charge in [0.25, 0.3) is 0 Å². The van der Waals surface area contributed by atoms with Crippen molar-refractivity contribution < 1.29 is 9.63 Å². The van der Waals surface area contributed by atoms with Crippen molar-refractivity contribution >= 4 is 23.4 Å². The number of amides is 1. The molecule has 5 heteroatoms. The number of carbonyl (C=O) groups is 1. The van der Waals surface area contributed by atoms with Crippen LogP contribution in [0.1, 0.15) is 13.8 Å². The van der Waals surface area contributed by atoms with E-state index < -0.39 is 6.09 Å². The van der Waals surface area contributed by atoms with Gasteiger partial charge < -0.3 is 5.32 Å². The Bertz CT molecular complexity index is 155. The van der Waals surface area contributed by atoms with Crippen LogP contribution in [0.15, 0.2) is 5.16 Å². The minimum atomic E-state index is -0.577. The Kier molecular flexibility index (Phi) is 5.56. The molecule has 0 bridgehead atoms. The highest BCUT2D eigenvalue weighted by atomic mass is 35.5. The Balaban J connectivity index is 3.45. The molecule has 1 N–H and O–H groups in total. The van der Waals surface area contributed by atoms with Crippen LogP contribution in [0.5, 0.6) is 0 Å². The van der Waals surface area contributed by atoms with E-state index in [4.69, 9.17) is 11.6 Å². The molecule has 1 amide bonds. The van der Waals surface area contributed by atoms with Gasteiger partial charge in [-0.25, -0.2) is 4.79 Å². The zero-order chi connectivity index (χ0) is 8.69. The summed E-state index contributed by atoms with van der Waals surface area (Å²) in [7, 11) is 0. The number of rotatable bonds is 3. The average Bonchev–Trinajstić information content (AvgIpc) is 1.97. The highest BCUT2D eigenvalue weighted by molar-refractivity contribution is 6.18. The quantitative estimate of drug-likeness (QED) is 0.307. The van der Waals surface area contributed by atoms with Gasteiger partial charge in [0.1, 0.15) is 0 Å². The molecule has 0 aromatic heterocycles. The number of halogens is 1. The van der Waals surface area contributed by atoms with Crippen molar-refractivity contribution in [2.45, 2.75) is 13.8 Å². The van der Waals surface area contributed by atoms with Crippen molar-refractivity contribution in [3.05, 3.63) is 0 Å². The second kappa shape index (κ2) is 5.97. The van der Waals surface area contributed by atoms with Crippen LogP contribution >= 0.6 is 11.6 Å². The molecule has 0 aliphatic carbocycles. The fourth-order valence-corrected chi connectivity index (χ4v) is 0.409. The van der Waals surface area contributed by atoms with E-state index >= 15 is 0 Å². The molecular weight excluding hydrogens is 168 g/mol. The molecule has 0 aliphatic heterocycles. The van der Waals surface area contributed by atoms with Crippen LogP contribution in [0.2, 0.25) is 0 Å². The third-order valence-corrected chi connectivity index (χ3v) is 0.864. The van der Waals surface area contributed by atoms with E-state index in [1.807, 2.05) is 0 Å². The average molecular weight is 179 g/mol. The Morgan fingerprint density at radius 2 is 2.27 bits per heavy atom. The summed E-state index contributed by atoms with van der Waals surface area (Å²) >= 11 is 5.30. The first kappa shape index (κ1) is 10.2. The number of nitrogens with zero attached hydrogens (tertiary/aromatic N) is 1. The summed E-state index contributed by atoms with van der Waals surface area (Å²) in [4.78, 5) is 15.0. The van der Waals surface area contributed by atoms with Crippen molar-refractivity contribution in [1.29, 1.82) is 0 Å². The summed E-state index contributed by atoms with van der Waals surface area (Å²) in [5, 5.41) is 5.83. The number of alkyl halides is 1. The zero-order valence-electron chi connectivity index (χ0n) is 6.56. The van der Waals surface area contributed by atoms with E-state index in [1.165, 1.54) is 0 Å². The van der Waals surface area contributed by atoms with Gasteiger partial charge in [-0.3, -0.25) is 4.84 Å². The first-order chi connectivity index (χ1) is 5.16. The van der Waals surface area contributed by atoms with Gasteiger partial charge in [-0.1, -0.05) is 5.16 Å². The van der Waals surface area contributed by atoms with Crippen molar-refractivity contribution in [2.75, 3.05) is 12.4 Å². The van der Waals surface area contributed by atoms with Crippen molar-refractivity contribution in [3.8, 4) is 0 Å². The van der Waals surface area contributed by atoms with Gasteiger partial charge in [-0.2, -0.15) is 0 Å². The van der Waals surface area contributed by atoms with Crippen molar-refractivity contribution in [1.82, 2.24) is 5.32 Å². The second-order valence-corrected chi connectivity index (χ2v) is 2.41. The number of oxime groups is 1. The van der Waals surface area contributed by atoms with Crippen LogP contribution in [0.4, 0.5) is 4.79 Å². The Labute approximate surface area is 70.5 Å². The van der Waals surface area contributed by atoms with Crippen LogP contribution < -0.4 is 5.32 Å². The van der Waals surface area contributed by atoms with E-state index in [1.54, 1.807) is 13.8 Å². The molecule has 0 aromatic carbocycles. The maximum atomic E-state index is 10.6. The van der Waals surface area contributed by atoms with Crippen LogP contribution in [-0.2, 0) is 4.84 Å². The summed E-state index contributed by atoms with van der Waals surface area (Å²) in [6.45, 7) is 3.85. The zero-order valence-corrected chi connectivity index (χ0v) is 7.31. The third-order valence-electron chi connectivity index (χ3n) is 0.675. The number of hydrogen-bond acceptors (Lipinski definition) is 3. The molecule has 0 unspecified atom stereocenters. The molecular formula is C6H11ClN2O2. The van der Waals surface area contributed by atoms with Gasteiger partial charge in [-0.15, -0.1) is 11.6 Å². The van der Waals surface area contributed by atoms with E-state index in [0.29, 0.717) is 18.1 Å². The van der Waals surface area contributed by atoms with Gasteiger partial charge in [0.05, 0.1) is 5.71 Å². The molecule has 0 saturated heterocycles. The van der Waals surface area contributed by atoms with Gasteiger partial charge in [0.15, 0.2) is 0 Å². The second-order valence-electron chi connectivity index (χ2n) is 2.03. The molecule has 0 spiro atoms. The topological polar surface area (TPSA) is 50.7 Å². The molecule has 0 aromatic rings. The van der Waals surface area contributed by atoms with Crippen molar-refractivity contribution in [2.24, 2.45) is 5.16 Å². The summed E-state index contributed by atoms with van der Waals surface area (Å²) in [5.41, 5.74) is 0.686. The number of carbonyl (C=O) groups excluding carboxylic acids is 1. The molecule has 0 heterocycles. The Hall–Kier alpha value is -0.770. The summed E-state index contributed by atoms with van der Waals surface area (Å²) < 4.78 is 0. The Morgan fingerprint density at radius 1 is 1.64 bits per heavy atom. The molecule has 0 atom stereocenters. The monoisotopic (exact) mass is 178 g/mol. The Morgan fingerprint density at radius 3 is 2.73 bits per heavy atom. The fourth-order valence-electron chi connectivity index (χ4n) is 0.314. The minimum Gasteiger partial charge on any atom is -0.318 e. The molecule has 64 valence electrons. The summed E-state index contributed by atoms with van der Waals surface area (Å²) in [5.74, 6) is 0.365. The lowest BCUT2D eigenvalue weighted by Gasteiger charge is -1.98. The van der Waals surface area contributed by atoms with Crippen LogP contribution in [0.3, 0.4) is 0 Å². The smallest absolute Gasteiger partial charge is 0.318 e. The molecule has 11 heavy (non-hydrogen) atoms. The van der Waals surface area contributed by atoms with Gasteiger partial charge in [0.2, 0.25) is 0 Å². The largest absolute Gasteiger partial charge is 0.433 e. The number of hydrogen-bond donors (Lipinski definition) is 1. The molecule has 0 rings (SSSR count). The third kappa shape index (κ3) is 7.12. The molecule has 4 nitrogen and oxygen atoms in total. The normalized spacial score (nSPS) is 8.64. The van der Waals surface area contributed by atoms with Gasteiger partial charge in [-0.05, 0) is 13.8 Å². The molecule has 0 saturated carbocycles. The van der Waals surface area contributed by atoms with E-state index in [9.17, 15) is 4.79 Å². The summed E-state index contributed by atoms with van der Waals surface area (Å²) in [6.07, 6.45) is -0.577. The standard InChI is InChI=1S/C6H11ClN2O2/c1-5(2)9-11-6(10)8-4-3-7/h3-4H2,1-2H3,(H,8,10).